The molecule has 0 bridgehead atoms. The number of carboxylic acid groups (broad SMARTS) is 1. The lowest BCUT2D eigenvalue weighted by molar-refractivity contribution is 0.0683. The molecule has 0 aliphatic carbocycles. The van der Waals surface area contributed by atoms with E-state index in [1.165, 1.54) is 11.8 Å². The average molecular weight is 286 g/mol. The van der Waals surface area contributed by atoms with Crippen LogP contribution in [0.2, 0.25) is 0 Å². The first-order valence-electron chi connectivity index (χ1n) is 5.87. The number of nitrogens with zero attached hydrogens (tertiary/aromatic N) is 2. The summed E-state index contributed by atoms with van der Waals surface area (Å²) in [5.74, 6) is -0.566. The van der Waals surface area contributed by atoms with Crippen molar-refractivity contribution in [3.8, 4) is 0 Å². The van der Waals surface area contributed by atoms with Crippen LogP contribution in [0.5, 0.6) is 0 Å². The molecule has 0 amide bonds. The lowest BCUT2D eigenvalue weighted by Gasteiger charge is -2.05. The van der Waals surface area contributed by atoms with E-state index in [-0.39, 0.29) is 5.82 Å². The summed E-state index contributed by atoms with van der Waals surface area (Å²) in [6.07, 6.45) is 1.60. The molecule has 5 nitrogen and oxygen atoms in total. The predicted molar refractivity (Wildman–Crippen MR) is 74.1 cm³/mol. The zero-order chi connectivity index (χ0) is 14.1. The summed E-state index contributed by atoms with van der Waals surface area (Å²) in [6.45, 7) is 1.85. The molecule has 0 fully saturated rings. The molecule has 0 aliphatic heterocycles. The van der Waals surface area contributed by atoms with Gasteiger partial charge in [0.2, 0.25) is 5.82 Å². The maximum Gasteiger partial charge on any atom is 0.373 e. The van der Waals surface area contributed by atoms with Crippen molar-refractivity contribution >= 4 is 28.6 Å². The van der Waals surface area contributed by atoms with E-state index in [9.17, 15) is 4.79 Å². The molecule has 0 radical (unpaired) electrons. The summed E-state index contributed by atoms with van der Waals surface area (Å²) in [5.41, 5.74) is 0.614. The van der Waals surface area contributed by atoms with Gasteiger partial charge in [-0.1, -0.05) is 30.0 Å². The van der Waals surface area contributed by atoms with Gasteiger partial charge in [-0.25, -0.2) is 14.8 Å². The minimum atomic E-state index is -1.14. The second-order valence-electron chi connectivity index (χ2n) is 4.12. The van der Waals surface area contributed by atoms with Crippen molar-refractivity contribution in [3.05, 3.63) is 48.2 Å². The highest BCUT2D eigenvalue weighted by Crippen LogP contribution is 2.33. The lowest BCUT2D eigenvalue weighted by Crippen LogP contribution is -2.05. The molecular weight excluding hydrogens is 276 g/mol. The van der Waals surface area contributed by atoms with Gasteiger partial charge >= 0.3 is 5.97 Å². The summed E-state index contributed by atoms with van der Waals surface area (Å²) in [4.78, 5) is 20.2. The van der Waals surface area contributed by atoms with Gasteiger partial charge < -0.3 is 9.52 Å². The Balaban J connectivity index is 2.17. The Bertz CT molecular complexity index is 798. The lowest BCUT2D eigenvalue weighted by atomic mass is 10.2. The topological polar surface area (TPSA) is 76.2 Å². The molecule has 20 heavy (non-hydrogen) atoms. The average Bonchev–Trinajstić information content (AvgIpc) is 2.84. The Labute approximate surface area is 118 Å². The van der Waals surface area contributed by atoms with Crippen molar-refractivity contribution in [2.75, 3.05) is 0 Å². The Morgan fingerprint density at radius 3 is 2.75 bits per heavy atom. The van der Waals surface area contributed by atoms with Gasteiger partial charge in [0.25, 0.3) is 0 Å². The monoisotopic (exact) mass is 286 g/mol. The van der Waals surface area contributed by atoms with Crippen molar-refractivity contribution in [1.82, 2.24) is 9.97 Å². The van der Waals surface area contributed by atoms with Crippen LogP contribution in [-0.2, 0) is 0 Å². The molecule has 1 N–H and O–H groups in total. The van der Waals surface area contributed by atoms with Crippen LogP contribution in [0.4, 0.5) is 0 Å². The largest absolute Gasteiger partial charge is 0.475 e. The minimum Gasteiger partial charge on any atom is -0.475 e. The predicted octanol–water partition coefficient (Wildman–Crippen LogP) is 3.38. The van der Waals surface area contributed by atoms with Gasteiger partial charge in [0, 0.05) is 5.39 Å². The van der Waals surface area contributed by atoms with Gasteiger partial charge in [0.15, 0.2) is 0 Å². The molecule has 0 atom stereocenters. The number of aromatic carboxylic acids is 1. The number of carboxylic acids is 1. The fraction of sp³-hybridized carbons (Fsp3) is 0.0714. The van der Waals surface area contributed by atoms with Gasteiger partial charge in [-0.15, -0.1) is 0 Å². The molecule has 0 saturated heterocycles. The molecule has 3 rings (SSSR count). The second kappa shape index (κ2) is 4.97. The minimum absolute atomic E-state index is 0.202. The van der Waals surface area contributed by atoms with Crippen molar-refractivity contribution in [2.24, 2.45) is 0 Å². The molecule has 0 unspecified atom stereocenters. The highest BCUT2D eigenvalue weighted by Gasteiger charge is 2.14. The van der Waals surface area contributed by atoms with Crippen LogP contribution >= 0.6 is 11.8 Å². The third-order valence-corrected chi connectivity index (χ3v) is 3.93. The molecule has 0 spiro atoms. The van der Waals surface area contributed by atoms with E-state index in [2.05, 4.69) is 9.97 Å². The zero-order valence-electron chi connectivity index (χ0n) is 10.5. The first-order chi connectivity index (χ1) is 9.65. The Kier molecular flexibility index (Phi) is 3.15. The number of aromatic nitrogens is 2. The van der Waals surface area contributed by atoms with Gasteiger partial charge in [0.05, 0.1) is 16.7 Å². The summed E-state index contributed by atoms with van der Waals surface area (Å²) in [5, 5.41) is 10.5. The number of rotatable bonds is 3. The fourth-order valence-corrected chi connectivity index (χ4v) is 2.74. The van der Waals surface area contributed by atoms with E-state index in [1.807, 2.05) is 31.2 Å². The van der Waals surface area contributed by atoms with Crippen molar-refractivity contribution < 1.29 is 14.3 Å². The standard InChI is InChI=1S/C14H10N2O3S/c1-8-11(6-7-19-8)20-13-9-4-2-3-5-10(9)15-12(16-13)14(17)18/h2-7H,1H3,(H,17,18). The van der Waals surface area contributed by atoms with E-state index >= 15 is 0 Å². The molecule has 1 aromatic carbocycles. The molecule has 2 heterocycles. The normalized spacial score (nSPS) is 10.8. The number of carbonyl (C=O) groups is 1. The van der Waals surface area contributed by atoms with E-state index in [4.69, 9.17) is 9.52 Å². The van der Waals surface area contributed by atoms with E-state index in [0.29, 0.717) is 10.5 Å². The van der Waals surface area contributed by atoms with Gasteiger partial charge in [0.1, 0.15) is 10.8 Å². The number of furan rings is 1. The van der Waals surface area contributed by atoms with E-state index < -0.39 is 5.97 Å². The summed E-state index contributed by atoms with van der Waals surface area (Å²) < 4.78 is 5.25. The maximum absolute atomic E-state index is 11.1. The van der Waals surface area contributed by atoms with Crippen LogP contribution < -0.4 is 0 Å². The number of benzene rings is 1. The van der Waals surface area contributed by atoms with Crippen LogP contribution in [0.3, 0.4) is 0 Å². The molecule has 100 valence electrons. The van der Waals surface area contributed by atoms with Gasteiger partial charge in [-0.3, -0.25) is 0 Å². The van der Waals surface area contributed by atoms with Crippen LogP contribution in [0.1, 0.15) is 16.4 Å². The van der Waals surface area contributed by atoms with Gasteiger partial charge in [-0.2, -0.15) is 0 Å². The molecular formula is C14H10N2O3S. The first-order valence-corrected chi connectivity index (χ1v) is 6.69. The SMILES string of the molecule is Cc1occc1Sc1nc(C(=O)O)nc2ccccc12. The number of hydrogen-bond acceptors (Lipinski definition) is 5. The summed E-state index contributed by atoms with van der Waals surface area (Å²) >= 11 is 1.37. The number of hydrogen-bond donors (Lipinski definition) is 1. The third kappa shape index (κ3) is 2.25. The quantitative estimate of drug-likeness (QED) is 0.744. The van der Waals surface area contributed by atoms with Crippen molar-refractivity contribution in [1.29, 1.82) is 0 Å². The smallest absolute Gasteiger partial charge is 0.373 e. The molecule has 0 saturated carbocycles. The zero-order valence-corrected chi connectivity index (χ0v) is 11.3. The Morgan fingerprint density at radius 1 is 1.25 bits per heavy atom. The van der Waals surface area contributed by atoms with E-state index in [1.54, 1.807) is 12.3 Å². The summed E-state index contributed by atoms with van der Waals surface area (Å²) in [6, 6.07) is 9.17. The number of para-hydroxylation sites is 1. The Morgan fingerprint density at radius 2 is 2.05 bits per heavy atom. The van der Waals surface area contributed by atoms with E-state index in [0.717, 1.165) is 16.0 Å². The molecule has 6 heteroatoms. The van der Waals surface area contributed by atoms with Gasteiger partial charge in [-0.05, 0) is 19.1 Å². The Hall–Kier alpha value is -2.34. The van der Waals surface area contributed by atoms with Crippen molar-refractivity contribution in [3.63, 3.8) is 0 Å². The second-order valence-corrected chi connectivity index (χ2v) is 5.15. The fourth-order valence-electron chi connectivity index (χ4n) is 1.80. The van der Waals surface area contributed by atoms with Crippen LogP contribution in [-0.4, -0.2) is 21.0 Å². The number of fused-ring (bicyclic) bond motifs is 1. The number of aryl methyl sites for hydroxylation is 1. The van der Waals surface area contributed by atoms with Crippen LogP contribution in [0.25, 0.3) is 10.9 Å². The van der Waals surface area contributed by atoms with Crippen LogP contribution in [0.15, 0.2) is 50.9 Å². The highest BCUT2D eigenvalue weighted by molar-refractivity contribution is 7.99. The third-order valence-electron chi connectivity index (χ3n) is 2.78. The molecule has 0 aliphatic rings. The van der Waals surface area contributed by atoms with Crippen molar-refractivity contribution in [2.45, 2.75) is 16.8 Å². The summed E-state index contributed by atoms with van der Waals surface area (Å²) in [7, 11) is 0. The molecule has 3 aromatic rings. The first kappa shape index (κ1) is 12.7. The highest BCUT2D eigenvalue weighted by atomic mass is 32.2. The molecule has 2 aromatic heterocycles. The maximum atomic E-state index is 11.1. The van der Waals surface area contributed by atoms with Crippen LogP contribution in [0, 0.1) is 6.92 Å².